The van der Waals surface area contributed by atoms with E-state index in [1.54, 1.807) is 12.1 Å². The summed E-state index contributed by atoms with van der Waals surface area (Å²) < 4.78 is 23.0. The molecule has 1 unspecified atom stereocenters. The molecule has 20 heavy (non-hydrogen) atoms. The van der Waals surface area contributed by atoms with E-state index in [0.29, 0.717) is 23.9 Å². The smallest absolute Gasteiger partial charge is 0.240 e. The average Bonchev–Trinajstić information content (AvgIpc) is 2.48. The topological polar surface area (TPSA) is 70.3 Å². The van der Waals surface area contributed by atoms with Crippen LogP contribution in [0.2, 0.25) is 0 Å². The second-order valence-corrected chi connectivity index (χ2v) is 4.24. The van der Waals surface area contributed by atoms with Crippen LogP contribution in [-0.4, -0.2) is 24.2 Å². The number of benzene rings is 1. The number of nitrogens with two attached hydrogens (primary N) is 1. The van der Waals surface area contributed by atoms with E-state index in [4.69, 9.17) is 15.2 Å². The van der Waals surface area contributed by atoms with Crippen molar-refractivity contribution in [1.82, 2.24) is 9.97 Å². The first-order valence-electron chi connectivity index (χ1n) is 6.09. The van der Waals surface area contributed by atoms with Crippen LogP contribution in [0, 0.1) is 5.82 Å². The van der Waals surface area contributed by atoms with Crippen LogP contribution in [0.1, 0.15) is 17.3 Å². The minimum absolute atomic E-state index is 0.274. The number of aromatic nitrogens is 2. The van der Waals surface area contributed by atoms with E-state index in [-0.39, 0.29) is 5.82 Å². The fourth-order valence-electron chi connectivity index (χ4n) is 1.84. The maximum absolute atomic E-state index is 12.9. The Hall–Kier alpha value is -2.21. The Balaban J connectivity index is 2.20. The van der Waals surface area contributed by atoms with Gasteiger partial charge in [0.25, 0.3) is 0 Å². The third-order valence-corrected chi connectivity index (χ3v) is 2.87. The van der Waals surface area contributed by atoms with Crippen LogP contribution < -0.4 is 15.2 Å². The quantitative estimate of drug-likeness (QED) is 0.903. The zero-order valence-electron chi connectivity index (χ0n) is 11.3. The lowest BCUT2D eigenvalue weighted by atomic mass is 10.0. The Labute approximate surface area is 116 Å². The lowest BCUT2D eigenvalue weighted by Crippen LogP contribution is -2.17. The van der Waals surface area contributed by atoms with Crippen LogP contribution in [0.15, 0.2) is 30.5 Å². The Morgan fingerprint density at radius 3 is 2.50 bits per heavy atom. The highest BCUT2D eigenvalue weighted by Gasteiger charge is 2.16. The number of ether oxygens (including phenoxy) is 2. The lowest BCUT2D eigenvalue weighted by Gasteiger charge is -2.14. The van der Waals surface area contributed by atoms with Gasteiger partial charge in [-0.1, -0.05) is 12.1 Å². The normalized spacial score (nSPS) is 12.0. The summed E-state index contributed by atoms with van der Waals surface area (Å²) in [5.74, 6) is 0.419. The van der Waals surface area contributed by atoms with Crippen molar-refractivity contribution in [2.24, 2.45) is 5.73 Å². The Kier molecular flexibility index (Phi) is 4.47. The van der Waals surface area contributed by atoms with Gasteiger partial charge in [-0.25, -0.2) is 9.37 Å². The highest BCUT2D eigenvalue weighted by atomic mass is 19.1. The van der Waals surface area contributed by atoms with E-state index in [1.807, 2.05) is 0 Å². The third kappa shape index (κ3) is 3.21. The van der Waals surface area contributed by atoms with Crippen molar-refractivity contribution in [2.75, 3.05) is 14.2 Å². The van der Waals surface area contributed by atoms with Gasteiger partial charge in [0.05, 0.1) is 26.5 Å². The first kappa shape index (κ1) is 14.2. The molecule has 1 aromatic carbocycles. The Morgan fingerprint density at radius 2 is 1.90 bits per heavy atom. The first-order chi connectivity index (χ1) is 9.63. The summed E-state index contributed by atoms with van der Waals surface area (Å²) in [6.07, 6.45) is 2.00. The van der Waals surface area contributed by atoms with Crippen LogP contribution in [0.5, 0.6) is 11.8 Å². The third-order valence-electron chi connectivity index (χ3n) is 2.87. The van der Waals surface area contributed by atoms with E-state index in [1.165, 1.54) is 32.5 Å². The van der Waals surface area contributed by atoms with Crippen molar-refractivity contribution in [3.8, 4) is 11.8 Å². The summed E-state index contributed by atoms with van der Waals surface area (Å²) in [7, 11) is 3.00. The van der Waals surface area contributed by atoms with Crippen LogP contribution >= 0.6 is 0 Å². The fraction of sp³-hybridized carbons (Fsp3) is 0.286. The number of hydrogen-bond acceptors (Lipinski definition) is 5. The molecular formula is C14H16FN3O2. The summed E-state index contributed by atoms with van der Waals surface area (Å²) in [6.45, 7) is 0. The van der Waals surface area contributed by atoms with E-state index >= 15 is 0 Å². The molecule has 2 N–H and O–H groups in total. The molecule has 0 saturated carbocycles. The molecule has 0 fully saturated rings. The van der Waals surface area contributed by atoms with Crippen molar-refractivity contribution in [3.05, 3.63) is 47.5 Å². The largest absolute Gasteiger partial charge is 0.480 e. The molecule has 0 aliphatic carbocycles. The number of halogens is 1. The number of nitrogens with zero attached hydrogens (tertiary/aromatic N) is 2. The van der Waals surface area contributed by atoms with Crippen molar-refractivity contribution in [3.63, 3.8) is 0 Å². The van der Waals surface area contributed by atoms with E-state index in [0.717, 1.165) is 5.56 Å². The van der Waals surface area contributed by atoms with Crippen molar-refractivity contribution >= 4 is 0 Å². The zero-order chi connectivity index (χ0) is 14.5. The molecule has 6 heteroatoms. The van der Waals surface area contributed by atoms with Crippen LogP contribution in [-0.2, 0) is 6.42 Å². The van der Waals surface area contributed by atoms with Crippen molar-refractivity contribution in [2.45, 2.75) is 12.5 Å². The number of rotatable bonds is 5. The second kappa shape index (κ2) is 6.29. The second-order valence-electron chi connectivity index (χ2n) is 4.24. The summed E-state index contributed by atoms with van der Waals surface area (Å²) in [5, 5.41) is 0. The zero-order valence-corrected chi connectivity index (χ0v) is 11.3. The van der Waals surface area contributed by atoms with Gasteiger partial charge in [-0.15, -0.1) is 0 Å². The number of hydrogen-bond donors (Lipinski definition) is 1. The SMILES string of the molecule is COc1cnc(C(N)Cc2ccc(F)cc2)c(OC)n1. The fourth-order valence-corrected chi connectivity index (χ4v) is 1.84. The van der Waals surface area contributed by atoms with Crippen molar-refractivity contribution < 1.29 is 13.9 Å². The van der Waals surface area contributed by atoms with Gasteiger partial charge in [0, 0.05) is 0 Å². The van der Waals surface area contributed by atoms with Gasteiger partial charge in [-0.2, -0.15) is 4.98 Å². The predicted octanol–water partition coefficient (Wildman–Crippen LogP) is 1.88. The van der Waals surface area contributed by atoms with Gasteiger partial charge < -0.3 is 15.2 Å². The van der Waals surface area contributed by atoms with Gasteiger partial charge in [-0.05, 0) is 24.1 Å². The van der Waals surface area contributed by atoms with Crippen LogP contribution in [0.25, 0.3) is 0 Å². The van der Waals surface area contributed by atoms with Gasteiger partial charge in [-0.3, -0.25) is 0 Å². The standard InChI is InChI=1S/C14H16FN3O2/c1-19-12-8-17-13(14(18-12)20-2)11(16)7-9-3-5-10(15)6-4-9/h3-6,8,11H,7,16H2,1-2H3. The first-order valence-corrected chi connectivity index (χ1v) is 6.09. The predicted molar refractivity (Wildman–Crippen MR) is 72.2 cm³/mol. The minimum atomic E-state index is -0.395. The molecule has 0 aliphatic heterocycles. The molecule has 0 spiro atoms. The van der Waals surface area contributed by atoms with Gasteiger partial charge in [0.1, 0.15) is 11.5 Å². The Morgan fingerprint density at radius 1 is 1.20 bits per heavy atom. The minimum Gasteiger partial charge on any atom is -0.480 e. The molecule has 2 rings (SSSR count). The highest BCUT2D eigenvalue weighted by Crippen LogP contribution is 2.24. The summed E-state index contributed by atoms with van der Waals surface area (Å²) in [6, 6.07) is 5.80. The van der Waals surface area contributed by atoms with Crippen LogP contribution in [0.4, 0.5) is 4.39 Å². The molecule has 0 radical (unpaired) electrons. The molecular weight excluding hydrogens is 261 g/mol. The molecule has 0 amide bonds. The summed E-state index contributed by atoms with van der Waals surface area (Å²) in [5.41, 5.74) is 7.57. The Bertz CT molecular complexity index is 575. The highest BCUT2D eigenvalue weighted by molar-refractivity contribution is 5.27. The van der Waals surface area contributed by atoms with Gasteiger partial charge in [0.2, 0.25) is 11.8 Å². The monoisotopic (exact) mass is 277 g/mol. The van der Waals surface area contributed by atoms with E-state index < -0.39 is 6.04 Å². The van der Waals surface area contributed by atoms with E-state index in [2.05, 4.69) is 9.97 Å². The number of methoxy groups -OCH3 is 2. The molecule has 5 nitrogen and oxygen atoms in total. The van der Waals surface area contributed by atoms with Gasteiger partial charge in [0.15, 0.2) is 0 Å². The lowest BCUT2D eigenvalue weighted by molar-refractivity contribution is 0.353. The molecule has 1 atom stereocenters. The molecule has 0 aliphatic rings. The maximum Gasteiger partial charge on any atom is 0.240 e. The van der Waals surface area contributed by atoms with Crippen LogP contribution in [0.3, 0.4) is 0 Å². The van der Waals surface area contributed by atoms with Gasteiger partial charge >= 0.3 is 0 Å². The molecule has 106 valence electrons. The molecule has 2 aromatic rings. The molecule has 0 bridgehead atoms. The summed E-state index contributed by atoms with van der Waals surface area (Å²) >= 11 is 0. The van der Waals surface area contributed by atoms with E-state index in [9.17, 15) is 4.39 Å². The molecule has 0 saturated heterocycles. The summed E-state index contributed by atoms with van der Waals surface area (Å²) in [4.78, 5) is 8.36. The maximum atomic E-state index is 12.9. The van der Waals surface area contributed by atoms with Crippen molar-refractivity contribution in [1.29, 1.82) is 0 Å². The molecule has 1 heterocycles. The molecule has 1 aromatic heterocycles. The average molecular weight is 277 g/mol.